The van der Waals surface area contributed by atoms with Crippen LogP contribution in [0, 0.1) is 0 Å². The van der Waals surface area contributed by atoms with Gasteiger partial charge in [0.05, 0.1) is 0 Å². The first-order chi connectivity index (χ1) is 7.15. The summed E-state index contributed by atoms with van der Waals surface area (Å²) >= 11 is 9.59. The normalized spacial score (nSPS) is 22.2. The fourth-order valence-electron chi connectivity index (χ4n) is 1.91. The Morgan fingerprint density at radius 3 is 3.00 bits per heavy atom. The summed E-state index contributed by atoms with van der Waals surface area (Å²) in [4.78, 5) is 2.35. The lowest BCUT2D eigenvalue weighted by molar-refractivity contribution is 0.327. The number of nitrogens with zero attached hydrogens (tertiary/aromatic N) is 1. The zero-order valence-corrected chi connectivity index (χ0v) is 10.8. The van der Waals surface area contributed by atoms with Crippen molar-refractivity contribution in [3.63, 3.8) is 0 Å². The quantitative estimate of drug-likeness (QED) is 0.907. The maximum Gasteiger partial charge on any atom is 0.0451 e. The molecule has 1 saturated heterocycles. The van der Waals surface area contributed by atoms with Crippen molar-refractivity contribution in [1.29, 1.82) is 0 Å². The van der Waals surface area contributed by atoms with Gasteiger partial charge in [0, 0.05) is 35.2 Å². The van der Waals surface area contributed by atoms with E-state index in [1.807, 2.05) is 12.1 Å². The van der Waals surface area contributed by atoms with Gasteiger partial charge in [0.2, 0.25) is 0 Å². The van der Waals surface area contributed by atoms with Crippen LogP contribution in [-0.4, -0.2) is 24.0 Å². The average molecular weight is 290 g/mol. The molecular formula is C11H14BrClN2. The predicted molar refractivity (Wildman–Crippen MR) is 67.0 cm³/mol. The van der Waals surface area contributed by atoms with Crippen molar-refractivity contribution >= 4 is 27.5 Å². The lowest BCUT2D eigenvalue weighted by atomic mass is 10.2. The molecule has 1 aromatic carbocycles. The molecule has 0 radical (unpaired) electrons. The van der Waals surface area contributed by atoms with Crippen LogP contribution in [0.15, 0.2) is 22.7 Å². The second-order valence-corrected chi connectivity index (χ2v) is 5.34. The SMILES string of the molecule is NC1CCN(Cc2cc(Br)ccc2Cl)C1. The Labute approximate surface area is 104 Å². The van der Waals surface area contributed by atoms with Crippen LogP contribution in [0.4, 0.5) is 0 Å². The molecule has 82 valence electrons. The summed E-state index contributed by atoms with van der Waals surface area (Å²) in [6.07, 6.45) is 1.09. The van der Waals surface area contributed by atoms with Crippen LogP contribution in [-0.2, 0) is 6.54 Å². The first-order valence-electron chi connectivity index (χ1n) is 5.07. The van der Waals surface area contributed by atoms with Crippen LogP contribution >= 0.6 is 27.5 Å². The van der Waals surface area contributed by atoms with Gasteiger partial charge >= 0.3 is 0 Å². The highest BCUT2D eigenvalue weighted by molar-refractivity contribution is 9.10. The van der Waals surface area contributed by atoms with Gasteiger partial charge in [-0.25, -0.2) is 0 Å². The van der Waals surface area contributed by atoms with E-state index in [1.54, 1.807) is 0 Å². The van der Waals surface area contributed by atoms with Crippen LogP contribution in [0.5, 0.6) is 0 Å². The first-order valence-corrected chi connectivity index (χ1v) is 6.24. The van der Waals surface area contributed by atoms with E-state index < -0.39 is 0 Å². The smallest absolute Gasteiger partial charge is 0.0451 e. The molecule has 1 unspecified atom stereocenters. The molecule has 1 atom stereocenters. The molecule has 1 aliphatic heterocycles. The second-order valence-electron chi connectivity index (χ2n) is 4.02. The average Bonchev–Trinajstić information content (AvgIpc) is 2.58. The Hall–Kier alpha value is -0.0900. The van der Waals surface area contributed by atoms with Crippen LogP contribution in [0.25, 0.3) is 0 Å². The summed E-state index contributed by atoms with van der Waals surface area (Å²) in [5, 5.41) is 0.832. The summed E-state index contributed by atoms with van der Waals surface area (Å²) in [5.41, 5.74) is 7.03. The maximum atomic E-state index is 6.13. The molecule has 2 nitrogen and oxygen atoms in total. The Kier molecular flexibility index (Phi) is 3.67. The number of hydrogen-bond donors (Lipinski definition) is 1. The van der Waals surface area contributed by atoms with Crippen molar-refractivity contribution in [1.82, 2.24) is 4.90 Å². The monoisotopic (exact) mass is 288 g/mol. The van der Waals surface area contributed by atoms with E-state index >= 15 is 0 Å². The van der Waals surface area contributed by atoms with Gasteiger partial charge in [0.25, 0.3) is 0 Å². The molecule has 1 heterocycles. The van der Waals surface area contributed by atoms with Crippen LogP contribution in [0.1, 0.15) is 12.0 Å². The molecule has 15 heavy (non-hydrogen) atoms. The van der Waals surface area contributed by atoms with Gasteiger partial charge in [-0.2, -0.15) is 0 Å². The molecule has 1 fully saturated rings. The second kappa shape index (κ2) is 4.83. The number of rotatable bonds is 2. The topological polar surface area (TPSA) is 29.3 Å². The molecule has 2 N–H and O–H groups in total. The van der Waals surface area contributed by atoms with E-state index in [9.17, 15) is 0 Å². The van der Waals surface area contributed by atoms with Gasteiger partial charge in [-0.15, -0.1) is 0 Å². The summed E-state index contributed by atoms with van der Waals surface area (Å²) in [6.45, 7) is 2.94. The van der Waals surface area contributed by atoms with E-state index in [0.29, 0.717) is 6.04 Å². The molecule has 0 amide bonds. The number of benzene rings is 1. The van der Waals surface area contributed by atoms with Crippen molar-refractivity contribution in [2.45, 2.75) is 19.0 Å². The minimum atomic E-state index is 0.330. The number of hydrogen-bond acceptors (Lipinski definition) is 2. The Morgan fingerprint density at radius 1 is 1.53 bits per heavy atom. The highest BCUT2D eigenvalue weighted by Crippen LogP contribution is 2.23. The molecule has 2 rings (SSSR count). The zero-order chi connectivity index (χ0) is 10.8. The van der Waals surface area contributed by atoms with E-state index in [-0.39, 0.29) is 0 Å². The molecule has 0 bridgehead atoms. The van der Waals surface area contributed by atoms with E-state index in [4.69, 9.17) is 17.3 Å². The van der Waals surface area contributed by atoms with Crippen LogP contribution in [0.3, 0.4) is 0 Å². The lowest BCUT2D eigenvalue weighted by Crippen LogP contribution is -2.26. The summed E-state index contributed by atoms with van der Waals surface area (Å²) in [7, 11) is 0. The van der Waals surface area contributed by atoms with Crippen molar-refractivity contribution < 1.29 is 0 Å². The van der Waals surface area contributed by atoms with Crippen molar-refractivity contribution in [3.05, 3.63) is 33.3 Å². The highest BCUT2D eigenvalue weighted by atomic mass is 79.9. The van der Waals surface area contributed by atoms with E-state index in [2.05, 4.69) is 26.9 Å². The first kappa shape index (κ1) is 11.4. The molecular weight excluding hydrogens is 275 g/mol. The summed E-state index contributed by atoms with van der Waals surface area (Å²) in [6, 6.07) is 6.29. The van der Waals surface area contributed by atoms with Crippen molar-refractivity contribution in [2.24, 2.45) is 5.73 Å². The number of halogens is 2. The third-order valence-electron chi connectivity index (χ3n) is 2.71. The number of nitrogens with two attached hydrogens (primary N) is 1. The van der Waals surface area contributed by atoms with E-state index in [0.717, 1.165) is 35.6 Å². The molecule has 0 aromatic heterocycles. The molecule has 0 spiro atoms. The molecule has 1 aromatic rings. The molecule has 0 saturated carbocycles. The standard InChI is InChI=1S/C11H14BrClN2/c12-9-1-2-11(13)8(5-9)6-15-4-3-10(14)7-15/h1-2,5,10H,3-4,6-7,14H2. The van der Waals surface area contributed by atoms with Gasteiger partial charge in [-0.1, -0.05) is 27.5 Å². The number of likely N-dealkylation sites (tertiary alicyclic amines) is 1. The fourth-order valence-corrected chi connectivity index (χ4v) is 2.50. The minimum absolute atomic E-state index is 0.330. The third kappa shape index (κ3) is 2.94. The molecule has 4 heteroatoms. The van der Waals surface area contributed by atoms with Gasteiger partial charge in [-0.3, -0.25) is 4.90 Å². The van der Waals surface area contributed by atoms with Gasteiger partial charge in [0.1, 0.15) is 0 Å². The third-order valence-corrected chi connectivity index (χ3v) is 3.57. The summed E-state index contributed by atoms with van der Waals surface area (Å²) in [5.74, 6) is 0. The highest BCUT2D eigenvalue weighted by Gasteiger charge is 2.19. The Balaban J connectivity index is 2.07. The van der Waals surface area contributed by atoms with E-state index in [1.165, 1.54) is 5.56 Å². The zero-order valence-electron chi connectivity index (χ0n) is 8.42. The lowest BCUT2D eigenvalue weighted by Gasteiger charge is -2.16. The van der Waals surface area contributed by atoms with Crippen LogP contribution in [0.2, 0.25) is 5.02 Å². The predicted octanol–water partition coefficient (Wildman–Crippen LogP) is 2.64. The van der Waals surface area contributed by atoms with Gasteiger partial charge < -0.3 is 5.73 Å². The van der Waals surface area contributed by atoms with Crippen molar-refractivity contribution in [3.8, 4) is 0 Å². The summed E-state index contributed by atoms with van der Waals surface area (Å²) < 4.78 is 1.07. The maximum absolute atomic E-state index is 6.13. The molecule has 1 aliphatic rings. The largest absolute Gasteiger partial charge is 0.326 e. The Bertz CT molecular complexity index is 356. The molecule has 0 aliphatic carbocycles. The minimum Gasteiger partial charge on any atom is -0.326 e. The fraction of sp³-hybridized carbons (Fsp3) is 0.455. The Morgan fingerprint density at radius 2 is 2.33 bits per heavy atom. The van der Waals surface area contributed by atoms with Gasteiger partial charge in [0.15, 0.2) is 0 Å². The van der Waals surface area contributed by atoms with Gasteiger partial charge in [-0.05, 0) is 30.2 Å². The van der Waals surface area contributed by atoms with Crippen molar-refractivity contribution in [2.75, 3.05) is 13.1 Å². The van der Waals surface area contributed by atoms with Crippen LogP contribution < -0.4 is 5.73 Å².